The Balaban J connectivity index is 3.06. The summed E-state index contributed by atoms with van der Waals surface area (Å²) >= 11 is 0. The fraction of sp³-hybridized carbons (Fsp3) is 0.600. The van der Waals surface area contributed by atoms with Crippen LogP contribution in [-0.2, 0) is 14.4 Å². The van der Waals surface area contributed by atoms with E-state index in [9.17, 15) is 9.59 Å². The van der Waals surface area contributed by atoms with Crippen LogP contribution in [0.25, 0.3) is 0 Å². The molecule has 0 bridgehead atoms. The summed E-state index contributed by atoms with van der Waals surface area (Å²) in [5.41, 5.74) is 2.17. The molecule has 0 saturated heterocycles. The van der Waals surface area contributed by atoms with Gasteiger partial charge in [0.15, 0.2) is 0 Å². The number of nitrogens with one attached hydrogen (secondary N) is 1. The summed E-state index contributed by atoms with van der Waals surface area (Å²) in [7, 11) is 0. The van der Waals surface area contributed by atoms with Gasteiger partial charge in [-0.2, -0.15) is 0 Å². The van der Waals surface area contributed by atoms with Crippen LogP contribution in [0.15, 0.2) is 0 Å². The highest BCUT2D eigenvalue weighted by Gasteiger charge is 1.94. The lowest BCUT2D eigenvalue weighted by molar-refractivity contribution is -0.150. The first-order chi connectivity index (χ1) is 4.31. The molecule has 4 heteroatoms. The molecule has 0 aromatic carbocycles. The first kappa shape index (κ1) is 8.10. The van der Waals surface area contributed by atoms with E-state index in [0.717, 1.165) is 0 Å². The van der Waals surface area contributed by atoms with Crippen LogP contribution < -0.4 is 5.48 Å². The molecule has 0 unspecified atom stereocenters. The molecule has 4 nitrogen and oxygen atoms in total. The van der Waals surface area contributed by atoms with Gasteiger partial charge in [-0.15, -0.1) is 5.48 Å². The van der Waals surface area contributed by atoms with E-state index < -0.39 is 0 Å². The van der Waals surface area contributed by atoms with E-state index in [1.807, 2.05) is 0 Å². The summed E-state index contributed by atoms with van der Waals surface area (Å²) in [6.45, 7) is 1.72. The van der Waals surface area contributed by atoms with Crippen LogP contribution in [0.5, 0.6) is 0 Å². The van der Waals surface area contributed by atoms with Crippen molar-refractivity contribution in [1.82, 2.24) is 5.48 Å². The number of carbonyl (C=O) groups excluding carboxylic acids is 2. The van der Waals surface area contributed by atoms with E-state index in [4.69, 9.17) is 0 Å². The van der Waals surface area contributed by atoms with Crippen LogP contribution in [-0.4, -0.2) is 18.8 Å². The predicted octanol–water partition coefficient (Wildman–Crippen LogP) is -0.357. The molecule has 0 amide bonds. The number of rotatable bonds is 4. The van der Waals surface area contributed by atoms with Gasteiger partial charge in [0.1, 0.15) is 6.29 Å². The molecule has 0 spiro atoms. The van der Waals surface area contributed by atoms with Crippen molar-refractivity contribution in [3.05, 3.63) is 0 Å². The zero-order valence-electron chi connectivity index (χ0n) is 5.22. The molecule has 0 fully saturated rings. The van der Waals surface area contributed by atoms with E-state index in [1.54, 1.807) is 6.92 Å². The minimum absolute atomic E-state index is 0.0474. The van der Waals surface area contributed by atoms with Gasteiger partial charge in [-0.3, -0.25) is 4.79 Å². The Morgan fingerprint density at radius 2 is 2.44 bits per heavy atom. The van der Waals surface area contributed by atoms with Crippen LogP contribution >= 0.6 is 0 Å². The van der Waals surface area contributed by atoms with Crippen molar-refractivity contribution in [3.8, 4) is 0 Å². The second-order valence-electron chi connectivity index (χ2n) is 1.34. The monoisotopic (exact) mass is 131 g/mol. The summed E-state index contributed by atoms with van der Waals surface area (Å²) < 4.78 is 0. The number of aldehydes is 1. The van der Waals surface area contributed by atoms with Crippen molar-refractivity contribution < 1.29 is 14.4 Å². The quantitative estimate of drug-likeness (QED) is 0.321. The normalized spacial score (nSPS) is 8.56. The molecule has 0 aromatic heterocycles. The van der Waals surface area contributed by atoms with Crippen molar-refractivity contribution in [3.63, 3.8) is 0 Å². The van der Waals surface area contributed by atoms with Gasteiger partial charge >= 0.3 is 5.97 Å². The molecule has 0 rings (SSSR count). The molecule has 0 saturated carbocycles. The predicted molar refractivity (Wildman–Crippen MR) is 30.4 cm³/mol. The van der Waals surface area contributed by atoms with Crippen molar-refractivity contribution in [2.24, 2.45) is 0 Å². The molecule has 0 aliphatic carbocycles. The lowest BCUT2D eigenvalue weighted by Gasteiger charge is -1.97. The molecule has 0 aromatic rings. The van der Waals surface area contributed by atoms with E-state index in [-0.39, 0.29) is 12.5 Å². The smallest absolute Gasteiger partial charge is 0.324 e. The van der Waals surface area contributed by atoms with Gasteiger partial charge in [-0.25, -0.2) is 0 Å². The largest absolute Gasteiger partial charge is 0.370 e. The molecule has 1 N–H and O–H groups in total. The number of hydroxylamine groups is 1. The zero-order chi connectivity index (χ0) is 7.11. The molecule has 0 atom stereocenters. The van der Waals surface area contributed by atoms with Crippen LogP contribution in [0.3, 0.4) is 0 Å². The van der Waals surface area contributed by atoms with E-state index >= 15 is 0 Å². The number of hydrogen-bond acceptors (Lipinski definition) is 4. The fourth-order valence-corrected chi connectivity index (χ4v) is 0.228. The summed E-state index contributed by atoms with van der Waals surface area (Å²) in [6, 6.07) is 0. The molecule has 9 heavy (non-hydrogen) atoms. The Morgan fingerprint density at radius 3 is 2.89 bits per heavy atom. The Labute approximate surface area is 53.1 Å². The van der Waals surface area contributed by atoms with Gasteiger partial charge in [0.05, 0.1) is 6.54 Å². The molecule has 0 heterocycles. The lowest BCUT2D eigenvalue weighted by Crippen LogP contribution is -2.20. The highest BCUT2D eigenvalue weighted by molar-refractivity contribution is 5.68. The van der Waals surface area contributed by atoms with E-state index in [2.05, 4.69) is 10.3 Å². The highest BCUT2D eigenvalue weighted by atomic mass is 16.7. The lowest BCUT2D eigenvalue weighted by atomic mass is 10.5. The molecule has 0 aliphatic heterocycles. The molecule has 0 radical (unpaired) electrons. The van der Waals surface area contributed by atoms with Gasteiger partial charge in [0.25, 0.3) is 0 Å². The van der Waals surface area contributed by atoms with Crippen molar-refractivity contribution in [1.29, 1.82) is 0 Å². The van der Waals surface area contributed by atoms with Gasteiger partial charge in [0.2, 0.25) is 0 Å². The average molecular weight is 131 g/mol. The fourth-order valence-electron chi connectivity index (χ4n) is 0.228. The van der Waals surface area contributed by atoms with Crippen LogP contribution in [0.1, 0.15) is 13.3 Å². The molecular weight excluding hydrogens is 122 g/mol. The van der Waals surface area contributed by atoms with Crippen LogP contribution in [0.4, 0.5) is 0 Å². The summed E-state index contributed by atoms with van der Waals surface area (Å²) in [5, 5.41) is 0. The van der Waals surface area contributed by atoms with Crippen LogP contribution in [0.2, 0.25) is 0 Å². The van der Waals surface area contributed by atoms with E-state index in [0.29, 0.717) is 12.7 Å². The van der Waals surface area contributed by atoms with E-state index in [1.165, 1.54) is 0 Å². The topological polar surface area (TPSA) is 55.4 Å². The number of hydrogen-bond donors (Lipinski definition) is 1. The summed E-state index contributed by atoms with van der Waals surface area (Å²) in [5.74, 6) is -0.364. The van der Waals surface area contributed by atoms with Crippen LogP contribution in [0, 0.1) is 0 Å². The number of carbonyl (C=O) groups is 2. The Morgan fingerprint density at radius 1 is 1.78 bits per heavy atom. The maximum atomic E-state index is 10.3. The van der Waals surface area contributed by atoms with Gasteiger partial charge in [-0.05, 0) is 0 Å². The van der Waals surface area contributed by atoms with Crippen molar-refractivity contribution in [2.75, 3.05) is 6.54 Å². The van der Waals surface area contributed by atoms with Crippen molar-refractivity contribution in [2.45, 2.75) is 13.3 Å². The minimum Gasteiger partial charge on any atom is -0.370 e. The SMILES string of the molecule is CCC(=O)ONCC=O. The molecule has 52 valence electrons. The zero-order valence-corrected chi connectivity index (χ0v) is 5.22. The third-order valence-corrected chi connectivity index (χ3v) is 0.641. The second-order valence-corrected chi connectivity index (χ2v) is 1.34. The first-order valence-corrected chi connectivity index (χ1v) is 2.67. The third kappa shape index (κ3) is 4.96. The van der Waals surface area contributed by atoms with Gasteiger partial charge in [0, 0.05) is 6.42 Å². The van der Waals surface area contributed by atoms with Gasteiger partial charge < -0.3 is 9.63 Å². The molecular formula is C5H9NO3. The highest BCUT2D eigenvalue weighted by Crippen LogP contribution is 1.77. The average Bonchev–Trinajstić information content (AvgIpc) is 1.89. The maximum Gasteiger partial charge on any atom is 0.324 e. The summed E-state index contributed by atoms with van der Waals surface area (Å²) in [6.07, 6.45) is 0.925. The third-order valence-electron chi connectivity index (χ3n) is 0.641. The van der Waals surface area contributed by atoms with Gasteiger partial charge in [-0.1, -0.05) is 6.92 Å². The minimum atomic E-state index is -0.364. The Hall–Kier alpha value is -0.900. The van der Waals surface area contributed by atoms with Crippen molar-refractivity contribution >= 4 is 12.3 Å². The second kappa shape index (κ2) is 5.24. The Bertz CT molecular complexity index is 102. The molecule has 0 aliphatic rings. The summed E-state index contributed by atoms with van der Waals surface area (Å²) in [4.78, 5) is 24.2. The maximum absolute atomic E-state index is 10.3. The Kier molecular flexibility index (Phi) is 4.72. The first-order valence-electron chi connectivity index (χ1n) is 2.67. The standard InChI is InChI=1S/C5H9NO3/c1-2-5(8)9-6-3-4-7/h4,6H,2-3H2,1H3.